The molecule has 0 unspecified atom stereocenters. The van der Waals surface area contributed by atoms with Gasteiger partial charge in [-0.1, -0.05) is 32.4 Å². The molecule has 0 spiro atoms. The smallest absolute Gasteiger partial charge is 0.303 e. The third-order valence-electron chi connectivity index (χ3n) is 11.5. The molecule has 0 radical (unpaired) electrons. The molecule has 0 aliphatic heterocycles. The lowest BCUT2D eigenvalue weighted by Gasteiger charge is -2.64. The van der Waals surface area contributed by atoms with Gasteiger partial charge in [-0.25, -0.2) is 0 Å². The Bertz CT molecular complexity index is 1210. The van der Waals surface area contributed by atoms with Gasteiger partial charge in [0, 0.05) is 30.1 Å². The van der Waals surface area contributed by atoms with E-state index in [4.69, 9.17) is 4.74 Å². The summed E-state index contributed by atoms with van der Waals surface area (Å²) in [7, 11) is 0. The van der Waals surface area contributed by atoms with Crippen LogP contribution in [0.2, 0.25) is 0 Å². The van der Waals surface area contributed by atoms with Crippen LogP contribution in [0.15, 0.2) is 23.8 Å². The van der Waals surface area contributed by atoms with Gasteiger partial charge in [-0.3, -0.25) is 19.2 Å². The van der Waals surface area contributed by atoms with Crippen molar-refractivity contribution >= 4 is 23.3 Å². The van der Waals surface area contributed by atoms with Crippen molar-refractivity contribution < 1.29 is 39.2 Å². The van der Waals surface area contributed by atoms with Gasteiger partial charge >= 0.3 is 5.97 Å². The van der Waals surface area contributed by atoms with Crippen LogP contribution in [-0.2, 0) is 23.9 Å². The fourth-order valence-corrected chi connectivity index (χ4v) is 9.40. The van der Waals surface area contributed by atoms with Crippen LogP contribution in [0.3, 0.4) is 0 Å². The van der Waals surface area contributed by atoms with E-state index in [0.29, 0.717) is 12.8 Å². The Morgan fingerprint density at radius 1 is 1.05 bits per heavy atom. The van der Waals surface area contributed by atoms with Crippen molar-refractivity contribution in [3.8, 4) is 0 Å². The van der Waals surface area contributed by atoms with E-state index in [2.05, 4.69) is 13.0 Å². The highest BCUT2D eigenvalue weighted by molar-refractivity contribution is 5.98. The predicted molar refractivity (Wildman–Crippen MR) is 148 cm³/mol. The van der Waals surface area contributed by atoms with Crippen molar-refractivity contribution in [1.82, 2.24) is 0 Å². The molecule has 0 bridgehead atoms. The van der Waals surface area contributed by atoms with E-state index >= 15 is 0 Å². The van der Waals surface area contributed by atoms with Gasteiger partial charge < -0.3 is 20.1 Å². The Hall–Kier alpha value is -2.16. The molecule has 0 heterocycles. The first-order valence-corrected chi connectivity index (χ1v) is 14.4. The lowest BCUT2D eigenvalue weighted by molar-refractivity contribution is -0.183. The zero-order chi connectivity index (χ0) is 30.4. The highest BCUT2D eigenvalue weighted by Gasteiger charge is 2.74. The number of rotatable bonds is 5. The maximum absolute atomic E-state index is 14.3. The van der Waals surface area contributed by atoms with Crippen molar-refractivity contribution in [1.29, 1.82) is 0 Å². The second-order valence-corrected chi connectivity index (χ2v) is 14.8. The number of Topliss-reactive ketones (excluding diaryl/α,β-unsaturated/α-hetero) is 2. The fourth-order valence-electron chi connectivity index (χ4n) is 9.40. The standard InChI is InChI=1S/C32H46O8/c1-17(33)40-27(2,3)13-12-23(36)32(9,39)25-21(35)15-29(6)22-11-10-18-19(14-20(34)26(38)28(18,4)5)31(22,8)24(37)16-30(25,29)7/h10,12-13,19-22,25,34-35,39H,11,14-16H2,1-9H3/b13-12+/t19-,20+,21-,22+,25-,29+,30-,31+,32+/m1/s1. The summed E-state index contributed by atoms with van der Waals surface area (Å²) in [5.41, 5.74) is -5.43. The molecule has 222 valence electrons. The zero-order valence-corrected chi connectivity index (χ0v) is 25.3. The number of hydrogen-bond donors (Lipinski definition) is 3. The monoisotopic (exact) mass is 558 g/mol. The van der Waals surface area contributed by atoms with Crippen LogP contribution in [0.25, 0.3) is 0 Å². The molecule has 3 N–H and O–H groups in total. The Morgan fingerprint density at radius 3 is 2.23 bits per heavy atom. The second kappa shape index (κ2) is 9.17. The molecule has 0 saturated heterocycles. The van der Waals surface area contributed by atoms with Crippen molar-refractivity contribution in [3.63, 3.8) is 0 Å². The minimum Gasteiger partial charge on any atom is -0.456 e. The van der Waals surface area contributed by atoms with Gasteiger partial charge in [0.05, 0.1) is 6.10 Å². The Kier molecular flexibility index (Phi) is 7.06. The van der Waals surface area contributed by atoms with E-state index in [1.165, 1.54) is 26.0 Å². The minimum absolute atomic E-state index is 0.0284. The molecule has 8 heteroatoms. The van der Waals surface area contributed by atoms with Gasteiger partial charge in [-0.15, -0.1) is 0 Å². The summed E-state index contributed by atoms with van der Waals surface area (Å²) in [6, 6.07) is 0. The van der Waals surface area contributed by atoms with Gasteiger partial charge in [0.2, 0.25) is 0 Å². The molecule has 4 aliphatic rings. The average molecular weight is 559 g/mol. The SMILES string of the molecule is CC(=O)OC(C)(C)/C=C/C(=O)[C@](C)(O)[C@@H]1[C@H](O)C[C@@]2(C)[C@@H]3CC=C4[C@@H](C[C@H](O)C(=O)C4(C)C)[C@]3(C)C(=O)C[C@]12C. The van der Waals surface area contributed by atoms with E-state index < -0.39 is 62.7 Å². The molecule has 0 aromatic rings. The lowest BCUT2D eigenvalue weighted by atomic mass is 9.38. The van der Waals surface area contributed by atoms with Gasteiger partial charge in [-0.05, 0) is 88.7 Å². The molecule has 4 rings (SSSR count). The first kappa shape index (κ1) is 30.8. The molecule has 0 amide bonds. The van der Waals surface area contributed by atoms with E-state index in [1.807, 2.05) is 27.7 Å². The van der Waals surface area contributed by atoms with Gasteiger partial charge in [-0.2, -0.15) is 0 Å². The zero-order valence-electron chi connectivity index (χ0n) is 25.3. The minimum atomic E-state index is -1.99. The number of hydrogen-bond acceptors (Lipinski definition) is 8. The van der Waals surface area contributed by atoms with Gasteiger partial charge in [0.1, 0.15) is 23.1 Å². The Balaban J connectivity index is 1.75. The summed E-state index contributed by atoms with van der Waals surface area (Å²) < 4.78 is 5.23. The molecule has 9 atom stereocenters. The molecule has 40 heavy (non-hydrogen) atoms. The summed E-state index contributed by atoms with van der Waals surface area (Å²) in [5.74, 6) is -2.85. The summed E-state index contributed by atoms with van der Waals surface area (Å²) >= 11 is 0. The van der Waals surface area contributed by atoms with Crippen LogP contribution < -0.4 is 0 Å². The van der Waals surface area contributed by atoms with Crippen LogP contribution in [-0.4, -0.2) is 62.0 Å². The molecule has 0 aromatic carbocycles. The number of aliphatic hydroxyl groups is 3. The predicted octanol–water partition coefficient (Wildman–Crippen LogP) is 3.50. The highest BCUT2D eigenvalue weighted by atomic mass is 16.6. The molecule has 8 nitrogen and oxygen atoms in total. The number of carbonyl (C=O) groups is 4. The number of carbonyl (C=O) groups excluding carboxylic acids is 4. The van der Waals surface area contributed by atoms with Crippen molar-refractivity contribution in [2.75, 3.05) is 0 Å². The normalized spacial score (nSPS) is 42.4. The fraction of sp³-hybridized carbons (Fsp3) is 0.750. The van der Waals surface area contributed by atoms with Crippen LogP contribution >= 0.6 is 0 Å². The average Bonchev–Trinajstić information content (AvgIpc) is 3.01. The molecule has 3 fully saturated rings. The number of aliphatic hydroxyl groups excluding tert-OH is 2. The first-order chi connectivity index (χ1) is 18.1. The summed E-state index contributed by atoms with van der Waals surface area (Å²) in [4.78, 5) is 52.1. The molecule has 4 aliphatic carbocycles. The Morgan fingerprint density at radius 2 is 1.65 bits per heavy atom. The molecular formula is C32H46O8. The van der Waals surface area contributed by atoms with Crippen LogP contribution in [0.1, 0.15) is 88.0 Å². The summed E-state index contributed by atoms with van der Waals surface area (Å²) in [6.07, 6.45) is 3.55. The number of fused-ring (bicyclic) bond motifs is 5. The maximum atomic E-state index is 14.3. The maximum Gasteiger partial charge on any atom is 0.303 e. The number of ketones is 3. The van der Waals surface area contributed by atoms with Gasteiger partial charge in [0.25, 0.3) is 0 Å². The first-order valence-electron chi connectivity index (χ1n) is 14.4. The second-order valence-electron chi connectivity index (χ2n) is 14.8. The Labute approximate surface area is 237 Å². The number of ether oxygens (including phenoxy) is 1. The summed E-state index contributed by atoms with van der Waals surface area (Å²) in [6.45, 7) is 15.4. The van der Waals surface area contributed by atoms with Crippen LogP contribution in [0.5, 0.6) is 0 Å². The van der Waals surface area contributed by atoms with Crippen LogP contribution in [0.4, 0.5) is 0 Å². The quantitative estimate of drug-likeness (QED) is 0.265. The van der Waals surface area contributed by atoms with Gasteiger partial charge in [0.15, 0.2) is 11.6 Å². The molecule has 3 saturated carbocycles. The molecular weight excluding hydrogens is 512 g/mol. The van der Waals surface area contributed by atoms with Crippen molar-refractivity contribution in [2.45, 2.75) is 111 Å². The third kappa shape index (κ3) is 4.11. The van der Waals surface area contributed by atoms with E-state index in [9.17, 15) is 34.5 Å². The largest absolute Gasteiger partial charge is 0.456 e. The van der Waals surface area contributed by atoms with Crippen molar-refractivity contribution in [3.05, 3.63) is 23.8 Å². The van der Waals surface area contributed by atoms with E-state index in [-0.39, 0.29) is 36.2 Å². The molecule has 0 aromatic heterocycles. The highest BCUT2D eigenvalue weighted by Crippen LogP contribution is 2.74. The summed E-state index contributed by atoms with van der Waals surface area (Å²) in [5, 5.41) is 34.0. The number of allylic oxidation sites excluding steroid dienone is 2. The van der Waals surface area contributed by atoms with Crippen LogP contribution in [0, 0.1) is 39.4 Å². The lowest BCUT2D eigenvalue weighted by Crippen LogP contribution is -2.65. The topological polar surface area (TPSA) is 138 Å². The van der Waals surface area contributed by atoms with E-state index in [1.54, 1.807) is 13.8 Å². The van der Waals surface area contributed by atoms with Crippen molar-refractivity contribution in [2.24, 2.45) is 39.4 Å². The third-order valence-corrected chi connectivity index (χ3v) is 11.5. The van der Waals surface area contributed by atoms with E-state index in [0.717, 1.165) is 5.57 Å². The number of esters is 1.